The fraction of sp³-hybridized carbons (Fsp3) is 0.111. The Balaban J connectivity index is 1.58. The van der Waals surface area contributed by atoms with Crippen molar-refractivity contribution in [2.75, 3.05) is 10.2 Å². The van der Waals surface area contributed by atoms with Crippen LogP contribution >= 0.6 is 11.6 Å². The van der Waals surface area contributed by atoms with Crippen LogP contribution in [0.1, 0.15) is 6.42 Å². The minimum atomic E-state index is -0.580. The van der Waals surface area contributed by atoms with Gasteiger partial charge in [-0.3, -0.25) is 9.59 Å². The molecule has 0 bridgehead atoms. The molecule has 1 aliphatic heterocycles. The molecule has 0 radical (unpaired) electrons. The van der Waals surface area contributed by atoms with Crippen LogP contribution in [0.25, 0.3) is 10.9 Å². The monoisotopic (exact) mass is 339 g/mol. The van der Waals surface area contributed by atoms with Gasteiger partial charge in [0.1, 0.15) is 6.04 Å². The number of H-pyrrole nitrogens is 1. The SMILES string of the molecule is O=C1C[C@H](Nc2ccc3cc[nH]c3c2)C(=O)N1c1cccc(Cl)c1. The number of benzene rings is 2. The Morgan fingerprint density at radius 3 is 2.83 bits per heavy atom. The first kappa shape index (κ1) is 14.8. The molecular formula is C18H14ClN3O2. The lowest BCUT2D eigenvalue weighted by Crippen LogP contribution is -2.34. The zero-order valence-electron chi connectivity index (χ0n) is 12.6. The Bertz CT molecular complexity index is 950. The molecule has 4 rings (SSSR count). The summed E-state index contributed by atoms with van der Waals surface area (Å²) in [4.78, 5) is 29.2. The molecule has 0 unspecified atom stereocenters. The minimum Gasteiger partial charge on any atom is -0.373 e. The highest BCUT2D eigenvalue weighted by Crippen LogP contribution is 2.27. The quantitative estimate of drug-likeness (QED) is 0.717. The van der Waals surface area contributed by atoms with E-state index in [1.54, 1.807) is 24.3 Å². The molecule has 120 valence electrons. The molecule has 2 aromatic carbocycles. The maximum Gasteiger partial charge on any atom is 0.256 e. The zero-order chi connectivity index (χ0) is 16.7. The van der Waals surface area contributed by atoms with E-state index in [1.807, 2.05) is 30.5 Å². The number of nitrogens with zero attached hydrogens (tertiary/aromatic N) is 1. The lowest BCUT2D eigenvalue weighted by Gasteiger charge is -2.16. The van der Waals surface area contributed by atoms with Gasteiger partial charge in [0.25, 0.3) is 5.91 Å². The van der Waals surface area contributed by atoms with Crippen molar-refractivity contribution in [3.8, 4) is 0 Å². The number of carbonyl (C=O) groups is 2. The molecular weight excluding hydrogens is 326 g/mol. The average Bonchev–Trinajstić information content (AvgIpc) is 3.12. The van der Waals surface area contributed by atoms with Gasteiger partial charge in [-0.15, -0.1) is 0 Å². The highest BCUT2D eigenvalue weighted by Gasteiger charge is 2.39. The Labute approximate surface area is 143 Å². The second-order valence-corrected chi connectivity index (χ2v) is 6.16. The third kappa shape index (κ3) is 2.53. The van der Waals surface area contributed by atoms with Crippen LogP contribution in [-0.2, 0) is 9.59 Å². The van der Waals surface area contributed by atoms with Crippen molar-refractivity contribution in [3.05, 3.63) is 59.8 Å². The smallest absolute Gasteiger partial charge is 0.256 e. The number of aromatic nitrogens is 1. The summed E-state index contributed by atoms with van der Waals surface area (Å²) < 4.78 is 0. The molecule has 0 spiro atoms. The van der Waals surface area contributed by atoms with Crippen LogP contribution in [0, 0.1) is 0 Å². The number of aromatic amines is 1. The minimum absolute atomic E-state index is 0.119. The van der Waals surface area contributed by atoms with E-state index in [2.05, 4.69) is 10.3 Å². The largest absolute Gasteiger partial charge is 0.373 e. The number of imide groups is 1. The molecule has 1 aromatic heterocycles. The summed E-state index contributed by atoms with van der Waals surface area (Å²) in [5.74, 6) is -0.505. The van der Waals surface area contributed by atoms with Crippen LogP contribution in [-0.4, -0.2) is 22.8 Å². The Hall–Kier alpha value is -2.79. The van der Waals surface area contributed by atoms with Gasteiger partial charge in [-0.25, -0.2) is 4.90 Å². The number of hydrogen-bond acceptors (Lipinski definition) is 3. The lowest BCUT2D eigenvalue weighted by atomic mass is 10.2. The number of hydrogen-bond donors (Lipinski definition) is 2. The van der Waals surface area contributed by atoms with Crippen molar-refractivity contribution in [3.63, 3.8) is 0 Å². The van der Waals surface area contributed by atoms with Gasteiger partial charge in [-0.1, -0.05) is 23.7 Å². The summed E-state index contributed by atoms with van der Waals surface area (Å²) in [7, 11) is 0. The Kier molecular flexibility index (Phi) is 3.50. The van der Waals surface area contributed by atoms with Crippen LogP contribution in [0.2, 0.25) is 5.02 Å². The Morgan fingerprint density at radius 1 is 1.12 bits per heavy atom. The van der Waals surface area contributed by atoms with E-state index in [4.69, 9.17) is 11.6 Å². The number of nitrogens with one attached hydrogen (secondary N) is 2. The molecule has 1 aliphatic rings. The van der Waals surface area contributed by atoms with Crippen molar-refractivity contribution >= 4 is 45.7 Å². The molecule has 24 heavy (non-hydrogen) atoms. The van der Waals surface area contributed by atoms with Gasteiger partial charge in [-0.2, -0.15) is 0 Å². The maximum atomic E-state index is 12.6. The summed E-state index contributed by atoms with van der Waals surface area (Å²) in [6.45, 7) is 0. The summed E-state index contributed by atoms with van der Waals surface area (Å²) in [6.07, 6.45) is 1.98. The lowest BCUT2D eigenvalue weighted by molar-refractivity contribution is -0.121. The number of rotatable bonds is 3. The molecule has 6 heteroatoms. The van der Waals surface area contributed by atoms with E-state index in [-0.39, 0.29) is 18.2 Å². The first-order valence-electron chi connectivity index (χ1n) is 7.58. The van der Waals surface area contributed by atoms with E-state index < -0.39 is 6.04 Å². The second-order valence-electron chi connectivity index (χ2n) is 5.73. The van der Waals surface area contributed by atoms with Gasteiger partial charge in [-0.05, 0) is 41.8 Å². The van der Waals surface area contributed by atoms with Crippen molar-refractivity contribution in [1.29, 1.82) is 0 Å². The van der Waals surface area contributed by atoms with Crippen molar-refractivity contribution in [1.82, 2.24) is 4.98 Å². The number of fused-ring (bicyclic) bond motifs is 1. The van der Waals surface area contributed by atoms with Crippen molar-refractivity contribution in [2.45, 2.75) is 12.5 Å². The second kappa shape index (κ2) is 5.69. The summed E-state index contributed by atoms with van der Waals surface area (Å²) in [6, 6.07) is 13.9. The Morgan fingerprint density at radius 2 is 2.00 bits per heavy atom. The third-order valence-electron chi connectivity index (χ3n) is 4.11. The van der Waals surface area contributed by atoms with Gasteiger partial charge in [0.15, 0.2) is 0 Å². The molecule has 2 amide bonds. The van der Waals surface area contributed by atoms with E-state index >= 15 is 0 Å². The topological polar surface area (TPSA) is 65.2 Å². The molecule has 1 saturated heterocycles. The molecule has 2 N–H and O–H groups in total. The number of amides is 2. The normalized spacial score (nSPS) is 17.7. The van der Waals surface area contributed by atoms with Crippen LogP contribution in [0.3, 0.4) is 0 Å². The van der Waals surface area contributed by atoms with Crippen LogP contribution in [0.15, 0.2) is 54.7 Å². The van der Waals surface area contributed by atoms with E-state index in [0.29, 0.717) is 10.7 Å². The van der Waals surface area contributed by atoms with Gasteiger partial charge in [0, 0.05) is 22.4 Å². The average molecular weight is 340 g/mol. The summed E-state index contributed by atoms with van der Waals surface area (Å²) in [5, 5.41) is 4.73. The summed E-state index contributed by atoms with van der Waals surface area (Å²) >= 11 is 5.96. The fourth-order valence-electron chi connectivity index (χ4n) is 2.97. The number of carbonyl (C=O) groups excluding carboxylic acids is 2. The first-order chi connectivity index (χ1) is 11.6. The van der Waals surface area contributed by atoms with E-state index in [0.717, 1.165) is 16.6 Å². The zero-order valence-corrected chi connectivity index (χ0v) is 13.4. The van der Waals surface area contributed by atoms with Crippen LogP contribution < -0.4 is 10.2 Å². The molecule has 0 saturated carbocycles. The fourth-order valence-corrected chi connectivity index (χ4v) is 3.15. The van der Waals surface area contributed by atoms with Gasteiger partial charge in [0.05, 0.1) is 12.1 Å². The highest BCUT2D eigenvalue weighted by atomic mass is 35.5. The third-order valence-corrected chi connectivity index (χ3v) is 4.34. The molecule has 1 atom stereocenters. The van der Waals surface area contributed by atoms with Gasteiger partial charge < -0.3 is 10.3 Å². The molecule has 5 nitrogen and oxygen atoms in total. The van der Waals surface area contributed by atoms with Crippen LogP contribution in [0.4, 0.5) is 11.4 Å². The predicted octanol–water partition coefficient (Wildman–Crippen LogP) is 3.57. The molecule has 0 aliphatic carbocycles. The van der Waals surface area contributed by atoms with E-state index in [1.165, 1.54) is 4.90 Å². The molecule has 1 fully saturated rings. The number of anilines is 2. The standard InChI is InChI=1S/C18H14ClN3O2/c19-12-2-1-3-14(8-12)22-17(23)10-16(18(22)24)21-13-5-4-11-6-7-20-15(11)9-13/h1-9,16,20-21H,10H2/t16-/m0/s1. The van der Waals surface area contributed by atoms with Crippen molar-refractivity contribution < 1.29 is 9.59 Å². The van der Waals surface area contributed by atoms with Gasteiger partial charge >= 0.3 is 0 Å². The maximum absolute atomic E-state index is 12.6. The number of halogens is 1. The first-order valence-corrected chi connectivity index (χ1v) is 7.96. The predicted molar refractivity (Wildman–Crippen MR) is 94.3 cm³/mol. The van der Waals surface area contributed by atoms with Crippen LogP contribution in [0.5, 0.6) is 0 Å². The summed E-state index contributed by atoms with van der Waals surface area (Å²) in [5.41, 5.74) is 2.27. The van der Waals surface area contributed by atoms with Crippen molar-refractivity contribution in [2.24, 2.45) is 0 Å². The highest BCUT2D eigenvalue weighted by molar-refractivity contribution is 6.31. The molecule has 2 heterocycles. The van der Waals surface area contributed by atoms with Gasteiger partial charge in [0.2, 0.25) is 5.91 Å². The molecule has 3 aromatic rings. The van der Waals surface area contributed by atoms with E-state index in [9.17, 15) is 9.59 Å².